The van der Waals surface area contributed by atoms with E-state index in [2.05, 4.69) is 22.6 Å². The highest BCUT2D eigenvalue weighted by Crippen LogP contribution is 2.18. The molecule has 0 aliphatic rings. The van der Waals surface area contributed by atoms with Gasteiger partial charge in [0.25, 0.3) is 5.91 Å². The van der Waals surface area contributed by atoms with Gasteiger partial charge in [0.1, 0.15) is 0 Å². The molecule has 0 saturated heterocycles. The summed E-state index contributed by atoms with van der Waals surface area (Å²) in [5.41, 5.74) is 6.87. The van der Waals surface area contributed by atoms with Crippen LogP contribution in [0.2, 0.25) is 0 Å². The Balaban J connectivity index is 2.07. The van der Waals surface area contributed by atoms with Crippen molar-refractivity contribution in [2.24, 2.45) is 5.73 Å². The van der Waals surface area contributed by atoms with E-state index in [0.29, 0.717) is 18.8 Å². The first-order chi connectivity index (χ1) is 10.2. The molecule has 1 heterocycles. The Kier molecular flexibility index (Phi) is 5.45. The minimum atomic E-state index is -0.208. The molecule has 2 rings (SSSR count). The minimum Gasteiger partial charge on any atom is -0.344 e. The molecule has 2 aromatic rings. The fourth-order valence-electron chi connectivity index (χ4n) is 2.17. The molecule has 6 heteroatoms. The van der Waals surface area contributed by atoms with Crippen LogP contribution in [-0.2, 0) is 6.54 Å². The molecule has 0 spiro atoms. The van der Waals surface area contributed by atoms with E-state index >= 15 is 0 Å². The lowest BCUT2D eigenvalue weighted by molar-refractivity contribution is 0.0929. The second-order valence-electron chi connectivity index (χ2n) is 4.88. The molecule has 1 aromatic heterocycles. The van der Waals surface area contributed by atoms with E-state index in [1.807, 2.05) is 30.3 Å². The zero-order chi connectivity index (χ0) is 15.1. The molecule has 0 aliphatic heterocycles. The first-order valence-corrected chi connectivity index (χ1v) is 7.20. The van der Waals surface area contributed by atoms with Crippen LogP contribution in [0.1, 0.15) is 41.9 Å². The number of carbonyl (C=O) groups is 1. The molecular formula is C15H21N5O. The number of nitrogens with zero attached hydrogens (tertiary/aromatic N) is 3. The molecule has 1 aromatic carbocycles. The molecule has 112 valence electrons. The lowest BCUT2D eigenvalue weighted by Gasteiger charge is -2.17. The number of carbonyl (C=O) groups excluding carboxylic acids is 1. The summed E-state index contributed by atoms with van der Waals surface area (Å²) in [5.74, 6) is -0.208. The van der Waals surface area contributed by atoms with Gasteiger partial charge < -0.3 is 11.1 Å². The SMILES string of the molecule is CCCC(NC(=O)c1cn(CCN)nn1)c1ccccc1. The van der Waals surface area contributed by atoms with Gasteiger partial charge in [-0.1, -0.05) is 48.9 Å². The molecule has 1 amide bonds. The van der Waals surface area contributed by atoms with Crippen LogP contribution in [0.15, 0.2) is 36.5 Å². The predicted molar refractivity (Wildman–Crippen MR) is 80.6 cm³/mol. The van der Waals surface area contributed by atoms with Crippen molar-refractivity contribution in [2.75, 3.05) is 6.54 Å². The van der Waals surface area contributed by atoms with Gasteiger partial charge in [-0.25, -0.2) is 0 Å². The molecule has 1 unspecified atom stereocenters. The molecule has 0 saturated carbocycles. The van der Waals surface area contributed by atoms with E-state index in [-0.39, 0.29) is 11.9 Å². The van der Waals surface area contributed by atoms with Gasteiger partial charge in [-0.15, -0.1) is 5.10 Å². The standard InChI is InChI=1S/C15H21N5O/c1-2-6-13(12-7-4-3-5-8-12)17-15(21)14-11-20(10-9-16)19-18-14/h3-5,7-8,11,13H,2,6,9-10,16H2,1H3,(H,17,21). The maximum absolute atomic E-state index is 12.3. The molecule has 1 atom stereocenters. The lowest BCUT2D eigenvalue weighted by atomic mass is 10.0. The summed E-state index contributed by atoms with van der Waals surface area (Å²) in [5, 5.41) is 10.8. The Morgan fingerprint density at radius 3 is 2.81 bits per heavy atom. The monoisotopic (exact) mass is 287 g/mol. The normalized spacial score (nSPS) is 12.1. The van der Waals surface area contributed by atoms with Crippen LogP contribution >= 0.6 is 0 Å². The van der Waals surface area contributed by atoms with Gasteiger partial charge in [-0.3, -0.25) is 9.48 Å². The van der Waals surface area contributed by atoms with Gasteiger partial charge >= 0.3 is 0 Å². The topological polar surface area (TPSA) is 85.8 Å². The van der Waals surface area contributed by atoms with E-state index < -0.39 is 0 Å². The van der Waals surface area contributed by atoms with Crippen LogP contribution in [0.3, 0.4) is 0 Å². The lowest BCUT2D eigenvalue weighted by Crippen LogP contribution is -2.28. The van der Waals surface area contributed by atoms with Crippen molar-refractivity contribution >= 4 is 5.91 Å². The van der Waals surface area contributed by atoms with Gasteiger partial charge in [-0.05, 0) is 12.0 Å². The van der Waals surface area contributed by atoms with Gasteiger partial charge in [0.15, 0.2) is 5.69 Å². The first kappa shape index (κ1) is 15.2. The largest absolute Gasteiger partial charge is 0.344 e. The Bertz CT molecular complexity index is 566. The van der Waals surface area contributed by atoms with Crippen molar-refractivity contribution in [3.8, 4) is 0 Å². The summed E-state index contributed by atoms with van der Waals surface area (Å²) in [4.78, 5) is 12.3. The van der Waals surface area contributed by atoms with Gasteiger partial charge in [0, 0.05) is 6.54 Å². The molecule has 21 heavy (non-hydrogen) atoms. The number of nitrogens with one attached hydrogen (secondary N) is 1. The minimum absolute atomic E-state index is 0.0108. The average Bonchev–Trinajstić information content (AvgIpc) is 2.97. The van der Waals surface area contributed by atoms with Gasteiger partial charge in [-0.2, -0.15) is 0 Å². The van der Waals surface area contributed by atoms with Gasteiger partial charge in [0.2, 0.25) is 0 Å². The van der Waals surface area contributed by atoms with Crippen molar-refractivity contribution in [3.05, 3.63) is 47.8 Å². The van der Waals surface area contributed by atoms with E-state index in [1.54, 1.807) is 10.9 Å². The Morgan fingerprint density at radius 2 is 2.14 bits per heavy atom. The summed E-state index contributed by atoms with van der Waals surface area (Å²) in [6.45, 7) is 3.11. The Morgan fingerprint density at radius 1 is 1.38 bits per heavy atom. The van der Waals surface area contributed by atoms with Crippen molar-refractivity contribution in [1.29, 1.82) is 0 Å². The van der Waals surface area contributed by atoms with E-state index in [9.17, 15) is 4.79 Å². The van der Waals surface area contributed by atoms with E-state index in [4.69, 9.17) is 5.73 Å². The molecule has 0 aliphatic carbocycles. The summed E-state index contributed by atoms with van der Waals surface area (Å²) >= 11 is 0. The average molecular weight is 287 g/mol. The Labute approximate surface area is 124 Å². The summed E-state index contributed by atoms with van der Waals surface area (Å²) in [6.07, 6.45) is 3.49. The second-order valence-corrected chi connectivity index (χ2v) is 4.88. The van der Waals surface area contributed by atoms with Crippen LogP contribution in [0.4, 0.5) is 0 Å². The predicted octanol–water partition coefficient (Wildman–Crippen LogP) is 1.51. The number of benzene rings is 1. The van der Waals surface area contributed by atoms with Crippen LogP contribution in [0.5, 0.6) is 0 Å². The summed E-state index contributed by atoms with van der Waals surface area (Å²) in [7, 11) is 0. The highest BCUT2D eigenvalue weighted by molar-refractivity contribution is 5.92. The molecule has 0 bridgehead atoms. The van der Waals surface area contributed by atoms with Crippen molar-refractivity contribution < 1.29 is 4.79 Å². The molecular weight excluding hydrogens is 266 g/mol. The van der Waals surface area contributed by atoms with Crippen LogP contribution in [0.25, 0.3) is 0 Å². The molecule has 3 N–H and O–H groups in total. The number of hydrogen-bond donors (Lipinski definition) is 2. The third-order valence-electron chi connectivity index (χ3n) is 3.21. The summed E-state index contributed by atoms with van der Waals surface area (Å²) < 4.78 is 1.58. The van der Waals surface area contributed by atoms with Crippen molar-refractivity contribution in [1.82, 2.24) is 20.3 Å². The van der Waals surface area contributed by atoms with Crippen LogP contribution in [-0.4, -0.2) is 27.4 Å². The molecule has 0 fully saturated rings. The van der Waals surface area contributed by atoms with Crippen molar-refractivity contribution in [2.45, 2.75) is 32.4 Å². The third-order valence-corrected chi connectivity index (χ3v) is 3.21. The maximum atomic E-state index is 12.3. The smallest absolute Gasteiger partial charge is 0.273 e. The highest BCUT2D eigenvalue weighted by atomic mass is 16.2. The zero-order valence-corrected chi connectivity index (χ0v) is 12.2. The fraction of sp³-hybridized carbons (Fsp3) is 0.400. The van der Waals surface area contributed by atoms with Crippen molar-refractivity contribution in [3.63, 3.8) is 0 Å². The number of amides is 1. The number of aromatic nitrogens is 3. The van der Waals surface area contributed by atoms with Crippen LogP contribution < -0.4 is 11.1 Å². The zero-order valence-electron chi connectivity index (χ0n) is 12.2. The molecule has 6 nitrogen and oxygen atoms in total. The number of rotatable bonds is 7. The quantitative estimate of drug-likeness (QED) is 0.808. The molecule has 0 radical (unpaired) electrons. The number of hydrogen-bond acceptors (Lipinski definition) is 4. The maximum Gasteiger partial charge on any atom is 0.273 e. The van der Waals surface area contributed by atoms with E-state index in [0.717, 1.165) is 18.4 Å². The third kappa shape index (κ3) is 4.13. The first-order valence-electron chi connectivity index (χ1n) is 7.20. The van der Waals surface area contributed by atoms with Gasteiger partial charge in [0.05, 0.1) is 18.8 Å². The fourth-order valence-corrected chi connectivity index (χ4v) is 2.17. The number of nitrogens with two attached hydrogens (primary N) is 1. The second kappa shape index (κ2) is 7.54. The van der Waals surface area contributed by atoms with Crippen LogP contribution in [0, 0.1) is 0 Å². The van der Waals surface area contributed by atoms with E-state index in [1.165, 1.54) is 0 Å². The summed E-state index contributed by atoms with van der Waals surface area (Å²) in [6, 6.07) is 9.94. The Hall–Kier alpha value is -2.21. The highest BCUT2D eigenvalue weighted by Gasteiger charge is 2.17.